The topological polar surface area (TPSA) is 106 Å². The van der Waals surface area contributed by atoms with Gasteiger partial charge in [0.15, 0.2) is 0 Å². The van der Waals surface area contributed by atoms with Crippen LogP contribution < -0.4 is 10.6 Å². The molecule has 0 bridgehead atoms. The van der Waals surface area contributed by atoms with E-state index in [1.807, 2.05) is 0 Å². The normalized spacial score (nSPS) is 25.7. The number of hydrogen-bond acceptors (Lipinski definition) is 5. The van der Waals surface area contributed by atoms with E-state index in [9.17, 15) is 14.7 Å². The number of carbonyl (C=O) groups is 2. The molecule has 0 aromatic heterocycles. The van der Waals surface area contributed by atoms with Crippen LogP contribution in [0.5, 0.6) is 0 Å². The van der Waals surface area contributed by atoms with Crippen LogP contribution in [-0.2, 0) is 19.0 Å². The molecule has 3 N–H and O–H groups in total. The summed E-state index contributed by atoms with van der Waals surface area (Å²) in [5.41, 5.74) is -1.24. The van der Waals surface area contributed by atoms with Crippen molar-refractivity contribution in [1.82, 2.24) is 10.6 Å². The molecule has 1 atom stereocenters. The highest BCUT2D eigenvalue weighted by molar-refractivity contribution is 5.86. The molecule has 20 heavy (non-hydrogen) atoms. The van der Waals surface area contributed by atoms with Crippen molar-refractivity contribution in [3.63, 3.8) is 0 Å². The molecule has 2 aliphatic rings. The van der Waals surface area contributed by atoms with Crippen LogP contribution in [0.25, 0.3) is 0 Å². The van der Waals surface area contributed by atoms with Crippen LogP contribution in [-0.4, -0.2) is 68.3 Å². The molecule has 0 spiro atoms. The number of amides is 2. The Balaban J connectivity index is 1.80. The number of carboxylic acid groups (broad SMARTS) is 1. The molecule has 1 unspecified atom stereocenters. The van der Waals surface area contributed by atoms with E-state index in [4.69, 9.17) is 14.2 Å². The Morgan fingerprint density at radius 3 is 2.50 bits per heavy atom. The first-order valence-corrected chi connectivity index (χ1v) is 6.69. The molecule has 2 aliphatic heterocycles. The van der Waals surface area contributed by atoms with Crippen molar-refractivity contribution >= 4 is 12.0 Å². The van der Waals surface area contributed by atoms with E-state index in [-0.39, 0.29) is 25.5 Å². The van der Waals surface area contributed by atoms with Gasteiger partial charge in [-0.25, -0.2) is 9.59 Å². The Labute approximate surface area is 116 Å². The number of hydrogen-bond donors (Lipinski definition) is 3. The van der Waals surface area contributed by atoms with Gasteiger partial charge in [-0.05, 0) is 0 Å². The lowest BCUT2D eigenvalue weighted by molar-refractivity contribution is -0.148. The maximum Gasteiger partial charge on any atom is 0.329 e. The number of carbonyl (C=O) groups excluding carboxylic acids is 1. The molecular formula is C12H20N2O6. The summed E-state index contributed by atoms with van der Waals surface area (Å²) < 4.78 is 15.7. The molecule has 0 saturated carbocycles. The Hall–Kier alpha value is -1.38. The minimum atomic E-state index is -1.24. The fourth-order valence-corrected chi connectivity index (χ4v) is 2.23. The van der Waals surface area contributed by atoms with Crippen LogP contribution in [0.2, 0.25) is 0 Å². The summed E-state index contributed by atoms with van der Waals surface area (Å²) in [6, 6.07) is -0.511. The second-order valence-corrected chi connectivity index (χ2v) is 4.90. The minimum absolute atomic E-state index is 0.190. The van der Waals surface area contributed by atoms with Crippen LogP contribution >= 0.6 is 0 Å². The van der Waals surface area contributed by atoms with E-state index >= 15 is 0 Å². The number of ether oxygens (including phenoxy) is 3. The lowest BCUT2D eigenvalue weighted by atomic mass is 9.90. The third-order valence-corrected chi connectivity index (χ3v) is 3.48. The van der Waals surface area contributed by atoms with E-state index < -0.39 is 17.5 Å². The van der Waals surface area contributed by atoms with Crippen LogP contribution in [0.1, 0.15) is 12.8 Å². The average Bonchev–Trinajstić information content (AvgIpc) is 2.47. The van der Waals surface area contributed by atoms with Gasteiger partial charge in [0.05, 0.1) is 25.9 Å². The fraction of sp³-hybridized carbons (Fsp3) is 0.833. The Morgan fingerprint density at radius 1 is 1.15 bits per heavy atom. The van der Waals surface area contributed by atoms with Crippen LogP contribution in [0, 0.1) is 0 Å². The Kier molecular flexibility index (Phi) is 5.16. The van der Waals surface area contributed by atoms with Crippen molar-refractivity contribution < 1.29 is 28.9 Å². The molecule has 0 aromatic rings. The summed E-state index contributed by atoms with van der Waals surface area (Å²) in [4.78, 5) is 23.2. The van der Waals surface area contributed by atoms with Gasteiger partial charge in [-0.15, -0.1) is 0 Å². The highest BCUT2D eigenvalue weighted by Gasteiger charge is 2.41. The lowest BCUT2D eigenvalue weighted by Gasteiger charge is -2.34. The summed E-state index contributed by atoms with van der Waals surface area (Å²) in [7, 11) is 0. The summed E-state index contributed by atoms with van der Waals surface area (Å²) >= 11 is 0. The molecule has 2 fully saturated rings. The second kappa shape index (κ2) is 6.87. The first-order valence-electron chi connectivity index (χ1n) is 6.69. The average molecular weight is 288 g/mol. The molecule has 0 aliphatic carbocycles. The van der Waals surface area contributed by atoms with Crippen molar-refractivity contribution in [2.45, 2.75) is 24.5 Å². The van der Waals surface area contributed by atoms with Gasteiger partial charge in [0, 0.05) is 32.6 Å². The molecule has 0 aromatic carbocycles. The number of carboxylic acids is 1. The maximum absolute atomic E-state index is 11.8. The zero-order chi connectivity index (χ0) is 14.4. The Morgan fingerprint density at radius 2 is 1.90 bits per heavy atom. The van der Waals surface area contributed by atoms with Gasteiger partial charge < -0.3 is 30.0 Å². The zero-order valence-electron chi connectivity index (χ0n) is 11.2. The number of rotatable bonds is 4. The summed E-state index contributed by atoms with van der Waals surface area (Å²) in [5, 5.41) is 14.5. The van der Waals surface area contributed by atoms with Gasteiger partial charge >= 0.3 is 12.0 Å². The molecule has 8 heteroatoms. The predicted molar refractivity (Wildman–Crippen MR) is 67.5 cm³/mol. The quantitative estimate of drug-likeness (QED) is 0.634. The van der Waals surface area contributed by atoms with Crippen molar-refractivity contribution in [3.05, 3.63) is 0 Å². The third kappa shape index (κ3) is 3.81. The molecule has 2 amide bonds. The smallest absolute Gasteiger partial charge is 0.329 e. The van der Waals surface area contributed by atoms with E-state index in [1.54, 1.807) is 0 Å². The van der Waals surface area contributed by atoms with Gasteiger partial charge in [-0.2, -0.15) is 0 Å². The maximum atomic E-state index is 11.8. The minimum Gasteiger partial charge on any atom is -0.480 e. The highest BCUT2D eigenvalue weighted by Crippen LogP contribution is 2.20. The molecule has 114 valence electrons. The van der Waals surface area contributed by atoms with Gasteiger partial charge in [0.2, 0.25) is 0 Å². The molecule has 2 heterocycles. The SMILES string of the molecule is O=C(NCC1COCCO1)NC1(C(=O)O)CCOCC1. The monoisotopic (exact) mass is 288 g/mol. The number of aliphatic carboxylic acids is 1. The van der Waals surface area contributed by atoms with E-state index in [2.05, 4.69) is 10.6 Å². The van der Waals surface area contributed by atoms with E-state index in [1.165, 1.54) is 0 Å². The van der Waals surface area contributed by atoms with Crippen LogP contribution in [0.4, 0.5) is 4.79 Å². The fourth-order valence-electron chi connectivity index (χ4n) is 2.23. The van der Waals surface area contributed by atoms with Gasteiger partial charge in [0.1, 0.15) is 5.54 Å². The van der Waals surface area contributed by atoms with E-state index in [0.717, 1.165) is 0 Å². The van der Waals surface area contributed by atoms with E-state index in [0.29, 0.717) is 33.0 Å². The highest BCUT2D eigenvalue weighted by atomic mass is 16.6. The second-order valence-electron chi connectivity index (χ2n) is 4.90. The zero-order valence-corrected chi connectivity index (χ0v) is 11.2. The summed E-state index contributed by atoms with van der Waals surface area (Å²) in [6.07, 6.45) is 0.336. The summed E-state index contributed by atoms with van der Waals surface area (Å²) in [5.74, 6) is -1.03. The van der Waals surface area contributed by atoms with Crippen molar-refractivity contribution in [2.75, 3.05) is 39.6 Å². The first-order chi connectivity index (χ1) is 9.62. The Bertz CT molecular complexity index is 350. The van der Waals surface area contributed by atoms with Gasteiger partial charge in [-0.3, -0.25) is 0 Å². The number of urea groups is 1. The van der Waals surface area contributed by atoms with Crippen molar-refractivity contribution in [2.24, 2.45) is 0 Å². The molecule has 2 rings (SSSR count). The van der Waals surface area contributed by atoms with Crippen LogP contribution in [0.15, 0.2) is 0 Å². The van der Waals surface area contributed by atoms with Crippen LogP contribution in [0.3, 0.4) is 0 Å². The standard InChI is InChI=1S/C12H20N2O6/c15-10(16)12(1-3-18-4-2-12)14-11(17)13-7-9-8-19-5-6-20-9/h9H,1-8H2,(H,15,16)(H2,13,14,17). The predicted octanol–water partition coefficient (Wildman–Crippen LogP) is -0.665. The largest absolute Gasteiger partial charge is 0.480 e. The van der Waals surface area contributed by atoms with Gasteiger partial charge in [0.25, 0.3) is 0 Å². The molecule has 8 nitrogen and oxygen atoms in total. The van der Waals surface area contributed by atoms with Gasteiger partial charge in [-0.1, -0.05) is 0 Å². The molecule has 2 saturated heterocycles. The first kappa shape index (κ1) is 15.0. The summed E-state index contributed by atoms with van der Waals surface area (Å²) in [6.45, 7) is 2.43. The third-order valence-electron chi connectivity index (χ3n) is 3.48. The molecular weight excluding hydrogens is 268 g/mol. The molecule has 0 radical (unpaired) electrons. The van der Waals surface area contributed by atoms with Crippen molar-refractivity contribution in [3.8, 4) is 0 Å². The number of nitrogens with one attached hydrogen (secondary N) is 2. The van der Waals surface area contributed by atoms with Crippen molar-refractivity contribution in [1.29, 1.82) is 0 Å². The lowest BCUT2D eigenvalue weighted by Crippen LogP contribution is -2.60.